The number of hydrogen-bond acceptors (Lipinski definition) is 3. The lowest BCUT2D eigenvalue weighted by atomic mass is 9.53. The van der Waals surface area contributed by atoms with Crippen LogP contribution in [0.25, 0.3) is 0 Å². The summed E-state index contributed by atoms with van der Waals surface area (Å²) in [6, 6.07) is 5.54. The highest BCUT2D eigenvalue weighted by Crippen LogP contribution is 2.55. The predicted octanol–water partition coefficient (Wildman–Crippen LogP) is 5.12. The van der Waals surface area contributed by atoms with Crippen molar-refractivity contribution in [3.8, 4) is 5.75 Å². The predicted molar refractivity (Wildman–Crippen MR) is 109 cm³/mol. The molecule has 1 aromatic rings. The first-order valence-corrected chi connectivity index (χ1v) is 11.0. The molecular weight excluding hydrogens is 320 g/mol. The van der Waals surface area contributed by atoms with Crippen LogP contribution in [0.15, 0.2) is 12.1 Å². The van der Waals surface area contributed by atoms with Crippen molar-refractivity contribution in [2.45, 2.75) is 95.6 Å². The third-order valence-corrected chi connectivity index (χ3v) is 7.39. The summed E-state index contributed by atoms with van der Waals surface area (Å²) in [5, 5.41) is 18.3. The first-order chi connectivity index (χ1) is 12.7. The van der Waals surface area contributed by atoms with E-state index in [1.165, 1.54) is 68.9 Å². The molecule has 1 aliphatic heterocycles. The lowest BCUT2D eigenvalue weighted by molar-refractivity contribution is 0.0796. The van der Waals surface area contributed by atoms with Gasteiger partial charge in [-0.3, -0.25) is 0 Å². The molecule has 3 nitrogen and oxygen atoms in total. The van der Waals surface area contributed by atoms with E-state index >= 15 is 0 Å². The van der Waals surface area contributed by atoms with Gasteiger partial charge in [0.2, 0.25) is 0 Å². The van der Waals surface area contributed by atoms with Crippen molar-refractivity contribution in [3.63, 3.8) is 0 Å². The van der Waals surface area contributed by atoms with Gasteiger partial charge in [0.15, 0.2) is 0 Å². The van der Waals surface area contributed by atoms with Crippen molar-refractivity contribution in [3.05, 3.63) is 23.3 Å². The zero-order valence-corrected chi connectivity index (χ0v) is 16.6. The van der Waals surface area contributed by atoms with Crippen LogP contribution in [-0.2, 0) is 11.8 Å². The Hall–Kier alpha value is -1.22. The molecule has 2 aliphatic carbocycles. The van der Waals surface area contributed by atoms with Gasteiger partial charge >= 0.3 is 0 Å². The van der Waals surface area contributed by atoms with Gasteiger partial charge in [-0.25, -0.2) is 0 Å². The second-order valence-electron chi connectivity index (χ2n) is 8.97. The summed E-state index contributed by atoms with van der Waals surface area (Å²) >= 11 is 0. The maximum absolute atomic E-state index is 10.9. The Balaban J connectivity index is 1.68. The number of anilines is 1. The van der Waals surface area contributed by atoms with Crippen LogP contribution in [-0.4, -0.2) is 23.7 Å². The molecule has 3 heteroatoms. The Kier molecular flexibility index (Phi) is 5.18. The maximum atomic E-state index is 10.9. The summed E-state index contributed by atoms with van der Waals surface area (Å²) in [4.78, 5) is 0. The molecule has 3 N–H and O–H groups in total. The lowest BCUT2D eigenvalue weighted by Gasteiger charge is -2.56. The minimum Gasteiger partial charge on any atom is -0.506 e. The van der Waals surface area contributed by atoms with E-state index in [1.807, 2.05) is 0 Å². The second-order valence-corrected chi connectivity index (χ2v) is 8.97. The third-order valence-electron chi connectivity index (χ3n) is 7.39. The number of aromatic hydroxyl groups is 1. The molecule has 0 spiro atoms. The van der Waals surface area contributed by atoms with Crippen molar-refractivity contribution in [1.82, 2.24) is 5.32 Å². The van der Waals surface area contributed by atoms with Crippen LogP contribution in [0.2, 0.25) is 0 Å². The summed E-state index contributed by atoms with van der Waals surface area (Å²) < 4.78 is 0. The molecule has 0 amide bonds. The van der Waals surface area contributed by atoms with Gasteiger partial charge in [0.05, 0.1) is 5.69 Å². The molecule has 1 saturated carbocycles. The molecule has 1 aromatic carbocycles. The molecule has 0 unspecified atom stereocenters. The van der Waals surface area contributed by atoms with E-state index in [1.54, 1.807) is 0 Å². The fourth-order valence-corrected chi connectivity index (χ4v) is 6.29. The molecule has 0 aromatic heterocycles. The minimum atomic E-state index is 0.323. The van der Waals surface area contributed by atoms with E-state index in [2.05, 4.69) is 36.6 Å². The quantitative estimate of drug-likeness (QED) is 0.620. The Labute approximate surface area is 159 Å². The zero-order valence-electron chi connectivity index (χ0n) is 16.6. The fourth-order valence-electron chi connectivity index (χ4n) is 6.29. The van der Waals surface area contributed by atoms with Gasteiger partial charge in [-0.1, -0.05) is 39.5 Å². The van der Waals surface area contributed by atoms with E-state index in [0.29, 0.717) is 23.2 Å². The van der Waals surface area contributed by atoms with Gasteiger partial charge in [-0.2, -0.15) is 0 Å². The minimum absolute atomic E-state index is 0.323. The van der Waals surface area contributed by atoms with Gasteiger partial charge in [0.1, 0.15) is 5.75 Å². The molecule has 0 radical (unpaired) electrons. The number of phenolic OH excluding ortho intramolecular Hbond substituents is 1. The summed E-state index contributed by atoms with van der Waals surface area (Å²) in [7, 11) is 0. The highest BCUT2D eigenvalue weighted by atomic mass is 16.3. The second kappa shape index (κ2) is 7.42. The average molecular weight is 357 g/mol. The molecular formula is C23H36N2O. The van der Waals surface area contributed by atoms with Gasteiger partial charge in [0.25, 0.3) is 0 Å². The van der Waals surface area contributed by atoms with Crippen LogP contribution in [0.3, 0.4) is 0 Å². The molecule has 1 heterocycles. The van der Waals surface area contributed by atoms with Crippen LogP contribution in [0.5, 0.6) is 5.75 Å². The number of phenols is 1. The molecule has 3 aliphatic rings. The summed E-state index contributed by atoms with van der Waals surface area (Å²) in [6.07, 6.45) is 12.4. The number of nitrogens with one attached hydrogen (secondary N) is 2. The zero-order chi connectivity index (χ0) is 18.1. The van der Waals surface area contributed by atoms with Crippen LogP contribution in [0.4, 0.5) is 5.69 Å². The van der Waals surface area contributed by atoms with Gasteiger partial charge in [0, 0.05) is 17.5 Å². The van der Waals surface area contributed by atoms with E-state index in [-0.39, 0.29) is 0 Å². The number of benzene rings is 1. The van der Waals surface area contributed by atoms with Crippen LogP contribution >= 0.6 is 0 Å². The molecule has 3 atom stereocenters. The van der Waals surface area contributed by atoms with Gasteiger partial charge in [-0.05, 0) is 74.2 Å². The smallest absolute Gasteiger partial charge is 0.138 e. The van der Waals surface area contributed by atoms with Crippen molar-refractivity contribution in [2.24, 2.45) is 5.92 Å². The fraction of sp³-hybridized carbons (Fsp3) is 0.739. The first-order valence-electron chi connectivity index (χ1n) is 11.0. The molecule has 26 heavy (non-hydrogen) atoms. The lowest BCUT2D eigenvalue weighted by Crippen LogP contribution is -2.59. The number of hydrogen-bond donors (Lipinski definition) is 3. The number of piperidine rings is 1. The molecule has 1 saturated heterocycles. The first kappa shape index (κ1) is 18.2. The van der Waals surface area contributed by atoms with Crippen LogP contribution in [0, 0.1) is 5.92 Å². The average Bonchev–Trinajstić information content (AvgIpc) is 2.64. The highest BCUT2D eigenvalue weighted by Gasteiger charge is 2.51. The van der Waals surface area contributed by atoms with Gasteiger partial charge < -0.3 is 15.7 Å². The normalized spacial score (nSPS) is 30.0. The Bertz CT molecular complexity index is 633. The number of rotatable bonds is 6. The van der Waals surface area contributed by atoms with Crippen molar-refractivity contribution < 1.29 is 5.11 Å². The van der Waals surface area contributed by atoms with Crippen molar-refractivity contribution in [1.29, 1.82) is 0 Å². The Morgan fingerprint density at radius 2 is 2.00 bits per heavy atom. The molecule has 2 bridgehead atoms. The Morgan fingerprint density at radius 3 is 2.77 bits per heavy atom. The summed E-state index contributed by atoms with van der Waals surface area (Å²) in [5.74, 6) is 1.24. The third kappa shape index (κ3) is 3.02. The molecule has 2 fully saturated rings. The van der Waals surface area contributed by atoms with Crippen LogP contribution < -0.4 is 10.6 Å². The molecule has 4 rings (SSSR count). The standard InChI is InChI=1S/C23H36N2O/c1-3-7-17(8-4-2)25-21-14-16-13-20-18-9-5-6-10-23(18,11-12-24-20)19(16)15-22(21)26/h14-15,17-18,20,24-26H,3-13H2,1-2H3/t18-,20+,23+/m0/s1. The topological polar surface area (TPSA) is 44.3 Å². The van der Waals surface area contributed by atoms with E-state index in [4.69, 9.17) is 0 Å². The monoisotopic (exact) mass is 356 g/mol. The SMILES string of the molecule is CCCC(CCC)Nc1cc2c(cc1O)[C@@]13CCCC[C@H]1[C@@H](C2)NCC3. The van der Waals surface area contributed by atoms with E-state index in [9.17, 15) is 5.11 Å². The highest BCUT2D eigenvalue weighted by molar-refractivity contribution is 5.62. The van der Waals surface area contributed by atoms with Crippen molar-refractivity contribution in [2.75, 3.05) is 11.9 Å². The van der Waals surface area contributed by atoms with Gasteiger partial charge in [-0.15, -0.1) is 0 Å². The van der Waals surface area contributed by atoms with E-state index < -0.39 is 0 Å². The Morgan fingerprint density at radius 1 is 1.19 bits per heavy atom. The van der Waals surface area contributed by atoms with Crippen LogP contribution in [0.1, 0.15) is 82.8 Å². The number of fused-ring (bicyclic) bond motifs is 1. The summed E-state index contributed by atoms with van der Waals surface area (Å²) in [6.45, 7) is 5.62. The molecule has 144 valence electrons. The maximum Gasteiger partial charge on any atom is 0.138 e. The van der Waals surface area contributed by atoms with Crippen molar-refractivity contribution >= 4 is 5.69 Å². The van der Waals surface area contributed by atoms with E-state index in [0.717, 1.165) is 24.6 Å². The summed E-state index contributed by atoms with van der Waals surface area (Å²) in [5.41, 5.74) is 4.24. The largest absolute Gasteiger partial charge is 0.506 e.